The van der Waals surface area contributed by atoms with Gasteiger partial charge in [-0.15, -0.1) is 0 Å². The fourth-order valence-corrected chi connectivity index (χ4v) is 4.15. The highest BCUT2D eigenvalue weighted by Gasteiger charge is 2.38. The molecule has 2 heterocycles. The van der Waals surface area contributed by atoms with Crippen LogP contribution in [0.25, 0.3) is 0 Å². The number of ether oxygens (including phenoxy) is 1. The summed E-state index contributed by atoms with van der Waals surface area (Å²) in [6, 6.07) is 6.18. The predicted octanol–water partition coefficient (Wildman–Crippen LogP) is 3.61. The Morgan fingerprint density at radius 3 is 2.68 bits per heavy atom. The Morgan fingerprint density at radius 1 is 1.26 bits per heavy atom. The van der Waals surface area contributed by atoms with Crippen molar-refractivity contribution in [1.29, 1.82) is 0 Å². The van der Waals surface area contributed by atoms with Crippen LogP contribution in [0.3, 0.4) is 0 Å². The molecular weight excluding hydrogens is 440 g/mol. The summed E-state index contributed by atoms with van der Waals surface area (Å²) in [5.41, 5.74) is 6.72. The number of carbonyl (C=O) groups excluding carboxylic acids is 1. The molecule has 2 aliphatic rings. The molecule has 9 heteroatoms. The second-order valence-corrected chi connectivity index (χ2v) is 8.60. The van der Waals surface area contributed by atoms with E-state index in [1.54, 1.807) is 18.2 Å². The summed E-state index contributed by atoms with van der Waals surface area (Å²) in [5.74, 6) is -1.21. The van der Waals surface area contributed by atoms with Crippen molar-refractivity contribution in [2.24, 2.45) is 26.1 Å². The molecule has 7 nitrogen and oxygen atoms in total. The number of carbonyl (C=O) groups is 1. The second kappa shape index (κ2) is 11.8. The number of hydrogen-bond acceptors (Lipinski definition) is 6. The molecule has 0 bridgehead atoms. The number of halogens is 2. The van der Waals surface area contributed by atoms with Crippen LogP contribution in [0.4, 0.5) is 8.78 Å². The van der Waals surface area contributed by atoms with E-state index in [0.717, 1.165) is 51.8 Å². The molecule has 34 heavy (non-hydrogen) atoms. The lowest BCUT2D eigenvalue weighted by molar-refractivity contribution is -0.111. The topological polar surface area (TPSA) is 92.6 Å². The van der Waals surface area contributed by atoms with Crippen LogP contribution in [-0.4, -0.2) is 61.8 Å². The van der Waals surface area contributed by atoms with Crippen molar-refractivity contribution in [1.82, 2.24) is 4.90 Å². The van der Waals surface area contributed by atoms with Gasteiger partial charge in [-0.25, -0.2) is 13.8 Å². The molecule has 1 aromatic rings. The summed E-state index contributed by atoms with van der Waals surface area (Å²) in [4.78, 5) is 26.2. The lowest BCUT2D eigenvalue weighted by Gasteiger charge is -2.32. The Balaban J connectivity index is 1.66. The number of ketones is 1. The van der Waals surface area contributed by atoms with Crippen LogP contribution in [-0.2, 0) is 16.1 Å². The average molecular weight is 472 g/mol. The number of Topliss-reactive ketones (excluding diaryl/α,β-unsaturated/α-hetero) is 1. The van der Waals surface area contributed by atoms with E-state index in [2.05, 4.69) is 15.0 Å². The van der Waals surface area contributed by atoms with Gasteiger partial charge in [-0.2, -0.15) is 0 Å². The molecule has 0 unspecified atom stereocenters. The van der Waals surface area contributed by atoms with E-state index in [0.29, 0.717) is 5.56 Å². The summed E-state index contributed by atoms with van der Waals surface area (Å²) >= 11 is 0. The highest BCUT2D eigenvalue weighted by Crippen LogP contribution is 2.39. The molecule has 0 aliphatic carbocycles. The summed E-state index contributed by atoms with van der Waals surface area (Å²) < 4.78 is 33.8. The van der Waals surface area contributed by atoms with Gasteiger partial charge in [0.05, 0.1) is 18.5 Å². The molecule has 0 radical (unpaired) electrons. The van der Waals surface area contributed by atoms with Gasteiger partial charge < -0.3 is 15.4 Å². The maximum absolute atomic E-state index is 14.5. The van der Waals surface area contributed by atoms with Crippen LogP contribution in [0.2, 0.25) is 0 Å². The molecule has 0 saturated carbocycles. The number of allylic oxidation sites excluding steroid dienone is 2. The van der Waals surface area contributed by atoms with E-state index in [-0.39, 0.29) is 35.0 Å². The van der Waals surface area contributed by atoms with Gasteiger partial charge in [0.25, 0.3) is 0 Å². The van der Waals surface area contributed by atoms with Crippen LogP contribution in [0, 0.1) is 11.2 Å². The number of aliphatic imine (C=N–C) groups is 3. The highest BCUT2D eigenvalue weighted by atomic mass is 19.1. The van der Waals surface area contributed by atoms with Crippen LogP contribution in [0.1, 0.15) is 31.7 Å². The number of nitrogens with two attached hydrogens (primary N) is 1. The molecule has 182 valence electrons. The van der Waals surface area contributed by atoms with Crippen molar-refractivity contribution in [2.75, 3.05) is 33.4 Å². The van der Waals surface area contributed by atoms with Crippen molar-refractivity contribution in [3.63, 3.8) is 0 Å². The third-order valence-electron chi connectivity index (χ3n) is 6.14. The van der Waals surface area contributed by atoms with Crippen LogP contribution in [0.5, 0.6) is 0 Å². The first-order valence-electron chi connectivity index (χ1n) is 11.3. The zero-order valence-electron chi connectivity index (χ0n) is 19.6. The van der Waals surface area contributed by atoms with Gasteiger partial charge in [0, 0.05) is 52.0 Å². The summed E-state index contributed by atoms with van der Waals surface area (Å²) in [5, 5.41) is 0. The van der Waals surface area contributed by atoms with Gasteiger partial charge in [-0.3, -0.25) is 14.8 Å². The third kappa shape index (κ3) is 6.90. The van der Waals surface area contributed by atoms with Gasteiger partial charge in [0.1, 0.15) is 11.5 Å². The molecule has 0 atom stereocenters. The summed E-state index contributed by atoms with van der Waals surface area (Å²) in [6.07, 6.45) is 6.85. The highest BCUT2D eigenvalue weighted by molar-refractivity contribution is 6.44. The molecule has 2 aliphatic heterocycles. The number of nitrogens with zero attached hydrogens (tertiary/aromatic N) is 4. The standard InChI is InChI=1S/C25H31F2N5O2/c1-18(33)23(30-14-19-5-3-4-6-21(19)27)13-22(28)24(29-2)31-15-20(26)16-32-10-7-25(17-32)8-11-34-12-9-25/h3-6,13,15-16H,7-12,14,17,28H2,1-2H3/b20-16-,22-13?,29-24?,30-23?,31-15?. The first kappa shape index (κ1) is 25.4. The molecule has 0 amide bonds. The minimum atomic E-state index is -0.516. The number of hydrogen-bond donors (Lipinski definition) is 1. The minimum absolute atomic E-state index is 0.0198. The van der Waals surface area contributed by atoms with Gasteiger partial charge in [-0.05, 0) is 36.8 Å². The molecule has 0 aromatic heterocycles. The summed E-state index contributed by atoms with van der Waals surface area (Å²) in [7, 11) is 1.47. The van der Waals surface area contributed by atoms with Crippen LogP contribution < -0.4 is 5.73 Å². The Labute approximate surface area is 198 Å². The van der Waals surface area contributed by atoms with Gasteiger partial charge in [0.2, 0.25) is 0 Å². The van der Waals surface area contributed by atoms with Crippen molar-refractivity contribution in [3.8, 4) is 0 Å². The number of amidine groups is 1. The lowest BCUT2D eigenvalue weighted by Crippen LogP contribution is -2.31. The lowest BCUT2D eigenvalue weighted by atomic mass is 9.80. The fraction of sp³-hybridized carbons (Fsp3) is 0.440. The zero-order chi connectivity index (χ0) is 24.6. The molecule has 2 N–H and O–H groups in total. The number of rotatable bonds is 7. The second-order valence-electron chi connectivity index (χ2n) is 8.60. The van der Waals surface area contributed by atoms with E-state index < -0.39 is 11.6 Å². The molecule has 1 aromatic carbocycles. The van der Waals surface area contributed by atoms with E-state index in [1.807, 2.05) is 4.90 Å². The largest absolute Gasteiger partial charge is 0.396 e. The van der Waals surface area contributed by atoms with Crippen molar-refractivity contribution in [2.45, 2.75) is 32.7 Å². The van der Waals surface area contributed by atoms with E-state index in [4.69, 9.17) is 10.5 Å². The van der Waals surface area contributed by atoms with E-state index >= 15 is 0 Å². The minimum Gasteiger partial charge on any atom is -0.396 e. The SMILES string of the molecule is CN=C(N=C/C(F)=C/N1CCC2(CCOCC2)C1)C(N)=CC(=NCc1ccccc1F)C(C)=O. The molecule has 3 rings (SSSR count). The van der Waals surface area contributed by atoms with Crippen LogP contribution >= 0.6 is 0 Å². The van der Waals surface area contributed by atoms with Crippen molar-refractivity contribution >= 4 is 23.5 Å². The Bertz CT molecular complexity index is 1040. The predicted molar refractivity (Wildman–Crippen MR) is 130 cm³/mol. The van der Waals surface area contributed by atoms with Gasteiger partial charge >= 0.3 is 0 Å². The Kier molecular flexibility index (Phi) is 8.81. The molecular formula is C25H31F2N5O2. The van der Waals surface area contributed by atoms with Gasteiger partial charge in [-0.1, -0.05) is 18.2 Å². The maximum Gasteiger partial charge on any atom is 0.177 e. The smallest absolute Gasteiger partial charge is 0.177 e. The Morgan fingerprint density at radius 2 is 2.00 bits per heavy atom. The third-order valence-corrected chi connectivity index (χ3v) is 6.14. The number of likely N-dealkylation sites (tertiary alicyclic amines) is 1. The monoisotopic (exact) mass is 471 g/mol. The summed E-state index contributed by atoms with van der Waals surface area (Å²) in [6.45, 7) is 4.42. The van der Waals surface area contributed by atoms with Crippen LogP contribution in [0.15, 0.2) is 63.0 Å². The molecule has 1 spiro atoms. The molecule has 2 fully saturated rings. The number of benzene rings is 1. The van der Waals surface area contributed by atoms with E-state index in [1.165, 1.54) is 32.3 Å². The first-order chi connectivity index (χ1) is 16.3. The van der Waals surface area contributed by atoms with Crippen molar-refractivity contribution < 1.29 is 18.3 Å². The molecule has 2 saturated heterocycles. The van der Waals surface area contributed by atoms with E-state index in [9.17, 15) is 13.6 Å². The first-order valence-corrected chi connectivity index (χ1v) is 11.3. The normalized spacial score (nSPS) is 19.9. The fourth-order valence-electron chi connectivity index (χ4n) is 4.15. The zero-order valence-corrected chi connectivity index (χ0v) is 19.6. The van der Waals surface area contributed by atoms with Gasteiger partial charge in [0.15, 0.2) is 17.4 Å². The Hall–Kier alpha value is -3.20. The average Bonchev–Trinajstić information content (AvgIpc) is 3.19. The maximum atomic E-state index is 14.5. The quantitative estimate of drug-likeness (QED) is 0.486. The van der Waals surface area contributed by atoms with Crippen molar-refractivity contribution in [3.05, 3.63) is 59.4 Å².